The zero-order chi connectivity index (χ0) is 11.4. The van der Waals surface area contributed by atoms with Crippen molar-refractivity contribution in [3.05, 3.63) is 0 Å². The second-order valence-corrected chi connectivity index (χ2v) is 5.12. The Bertz CT molecular complexity index is 208. The van der Waals surface area contributed by atoms with Crippen molar-refractivity contribution in [2.75, 3.05) is 7.05 Å². The molecule has 3 heteroatoms. The molecule has 0 saturated heterocycles. The van der Waals surface area contributed by atoms with E-state index in [1.54, 1.807) is 7.05 Å². The highest BCUT2D eigenvalue weighted by Gasteiger charge is 2.25. The lowest BCUT2D eigenvalue weighted by molar-refractivity contribution is -0.122. The summed E-state index contributed by atoms with van der Waals surface area (Å²) in [6, 6.07) is 0.438. The molecule has 15 heavy (non-hydrogen) atoms. The molecule has 1 fully saturated rings. The molecule has 3 nitrogen and oxygen atoms in total. The van der Waals surface area contributed by atoms with E-state index in [0.717, 1.165) is 11.8 Å². The summed E-state index contributed by atoms with van der Waals surface area (Å²) < 4.78 is 0. The van der Waals surface area contributed by atoms with Crippen LogP contribution in [0.4, 0.5) is 0 Å². The van der Waals surface area contributed by atoms with Gasteiger partial charge in [-0.1, -0.05) is 13.8 Å². The van der Waals surface area contributed by atoms with Crippen LogP contribution in [0.15, 0.2) is 0 Å². The van der Waals surface area contributed by atoms with Gasteiger partial charge in [-0.2, -0.15) is 0 Å². The summed E-state index contributed by atoms with van der Waals surface area (Å²) in [5.74, 6) is 1.65. The molecule has 0 heterocycles. The molecule has 0 bridgehead atoms. The topological polar surface area (TPSA) is 41.1 Å². The number of hydrogen-bond acceptors (Lipinski definition) is 2. The van der Waals surface area contributed by atoms with Crippen LogP contribution in [0.25, 0.3) is 0 Å². The maximum atomic E-state index is 11.4. The van der Waals surface area contributed by atoms with E-state index in [4.69, 9.17) is 0 Å². The summed E-state index contributed by atoms with van der Waals surface area (Å²) in [7, 11) is 1.69. The van der Waals surface area contributed by atoms with Gasteiger partial charge in [-0.15, -0.1) is 0 Å². The monoisotopic (exact) mass is 212 g/mol. The van der Waals surface area contributed by atoms with E-state index < -0.39 is 0 Å². The van der Waals surface area contributed by atoms with Crippen LogP contribution in [-0.4, -0.2) is 25.0 Å². The minimum atomic E-state index is -0.0718. The van der Waals surface area contributed by atoms with Gasteiger partial charge in [-0.25, -0.2) is 0 Å². The van der Waals surface area contributed by atoms with Crippen LogP contribution in [0.1, 0.15) is 40.0 Å². The van der Waals surface area contributed by atoms with Crippen molar-refractivity contribution in [3.8, 4) is 0 Å². The van der Waals surface area contributed by atoms with E-state index in [1.807, 2.05) is 6.92 Å². The third kappa shape index (κ3) is 3.82. The normalized spacial score (nSPS) is 33.5. The summed E-state index contributed by atoms with van der Waals surface area (Å²) in [6.45, 7) is 6.53. The SMILES string of the molecule is CNC(=O)C(C)NC1CC(C)CC(C)C1. The molecule has 0 aromatic rings. The van der Waals surface area contributed by atoms with E-state index in [9.17, 15) is 4.79 Å². The van der Waals surface area contributed by atoms with Gasteiger partial charge in [0, 0.05) is 13.1 Å². The lowest BCUT2D eigenvalue weighted by atomic mass is 9.80. The Hall–Kier alpha value is -0.570. The zero-order valence-electron chi connectivity index (χ0n) is 10.3. The fraction of sp³-hybridized carbons (Fsp3) is 0.917. The zero-order valence-corrected chi connectivity index (χ0v) is 10.3. The van der Waals surface area contributed by atoms with Crippen LogP contribution in [-0.2, 0) is 4.79 Å². The number of carbonyl (C=O) groups is 1. The molecular weight excluding hydrogens is 188 g/mol. The standard InChI is InChI=1S/C12H24N2O/c1-8-5-9(2)7-11(6-8)14-10(3)12(15)13-4/h8-11,14H,5-7H2,1-4H3,(H,13,15). The van der Waals surface area contributed by atoms with Crippen molar-refractivity contribution in [1.29, 1.82) is 0 Å². The average molecular weight is 212 g/mol. The highest BCUT2D eigenvalue weighted by molar-refractivity contribution is 5.80. The van der Waals surface area contributed by atoms with Gasteiger partial charge in [0.1, 0.15) is 0 Å². The average Bonchev–Trinajstić information content (AvgIpc) is 2.14. The Kier molecular flexibility index (Phi) is 4.58. The number of rotatable bonds is 3. The third-order valence-electron chi connectivity index (χ3n) is 3.30. The molecule has 0 radical (unpaired) electrons. The molecule has 88 valence electrons. The second-order valence-electron chi connectivity index (χ2n) is 5.12. The molecule has 0 aliphatic heterocycles. The van der Waals surface area contributed by atoms with Crippen LogP contribution in [0.2, 0.25) is 0 Å². The Morgan fingerprint density at radius 3 is 2.20 bits per heavy atom. The molecule has 2 N–H and O–H groups in total. The number of likely N-dealkylation sites (N-methyl/N-ethyl adjacent to an activating group) is 1. The van der Waals surface area contributed by atoms with Crippen molar-refractivity contribution >= 4 is 5.91 Å². The molecule has 1 amide bonds. The maximum Gasteiger partial charge on any atom is 0.236 e. The third-order valence-corrected chi connectivity index (χ3v) is 3.30. The van der Waals surface area contributed by atoms with Crippen LogP contribution in [0.3, 0.4) is 0 Å². The van der Waals surface area contributed by atoms with Crippen molar-refractivity contribution < 1.29 is 4.79 Å². The molecular formula is C12H24N2O. The Balaban J connectivity index is 2.40. The van der Waals surface area contributed by atoms with Gasteiger partial charge in [0.05, 0.1) is 6.04 Å². The second kappa shape index (κ2) is 5.50. The number of hydrogen-bond donors (Lipinski definition) is 2. The summed E-state index contributed by atoms with van der Waals surface area (Å²) in [5.41, 5.74) is 0. The van der Waals surface area contributed by atoms with E-state index in [2.05, 4.69) is 24.5 Å². The van der Waals surface area contributed by atoms with E-state index in [1.165, 1.54) is 19.3 Å². The maximum absolute atomic E-state index is 11.4. The molecule has 3 atom stereocenters. The molecule has 0 aromatic carbocycles. The van der Waals surface area contributed by atoms with Crippen molar-refractivity contribution in [2.45, 2.75) is 52.1 Å². The molecule has 1 aliphatic carbocycles. The van der Waals surface area contributed by atoms with Crippen LogP contribution < -0.4 is 10.6 Å². The predicted molar refractivity (Wildman–Crippen MR) is 62.6 cm³/mol. The fourth-order valence-electron chi connectivity index (χ4n) is 2.73. The minimum Gasteiger partial charge on any atom is -0.358 e. The first-order chi connectivity index (χ1) is 7.02. The summed E-state index contributed by atoms with van der Waals surface area (Å²) in [4.78, 5) is 11.4. The Morgan fingerprint density at radius 2 is 1.73 bits per heavy atom. The minimum absolute atomic E-state index is 0.0718. The first-order valence-corrected chi connectivity index (χ1v) is 6.00. The summed E-state index contributed by atoms with van der Waals surface area (Å²) >= 11 is 0. The lowest BCUT2D eigenvalue weighted by Gasteiger charge is -2.33. The molecule has 1 saturated carbocycles. The van der Waals surface area contributed by atoms with E-state index in [0.29, 0.717) is 6.04 Å². The van der Waals surface area contributed by atoms with Gasteiger partial charge in [0.2, 0.25) is 5.91 Å². The first kappa shape index (κ1) is 12.5. The predicted octanol–water partition coefficient (Wildman–Crippen LogP) is 1.54. The van der Waals surface area contributed by atoms with Crippen LogP contribution in [0, 0.1) is 11.8 Å². The highest BCUT2D eigenvalue weighted by atomic mass is 16.2. The first-order valence-electron chi connectivity index (χ1n) is 6.00. The van der Waals surface area contributed by atoms with E-state index >= 15 is 0 Å². The van der Waals surface area contributed by atoms with Crippen LogP contribution >= 0.6 is 0 Å². The van der Waals surface area contributed by atoms with Gasteiger partial charge in [-0.05, 0) is 38.0 Å². The van der Waals surface area contributed by atoms with Gasteiger partial charge in [0.15, 0.2) is 0 Å². The van der Waals surface area contributed by atoms with Gasteiger partial charge < -0.3 is 10.6 Å². The van der Waals surface area contributed by atoms with Gasteiger partial charge >= 0.3 is 0 Å². The number of carbonyl (C=O) groups excluding carboxylic acids is 1. The van der Waals surface area contributed by atoms with Crippen molar-refractivity contribution in [2.24, 2.45) is 11.8 Å². The molecule has 0 aromatic heterocycles. The Morgan fingerprint density at radius 1 is 1.20 bits per heavy atom. The van der Waals surface area contributed by atoms with E-state index in [-0.39, 0.29) is 11.9 Å². The lowest BCUT2D eigenvalue weighted by Crippen LogP contribution is -2.47. The number of nitrogens with one attached hydrogen (secondary N) is 2. The van der Waals surface area contributed by atoms with Gasteiger partial charge in [-0.3, -0.25) is 4.79 Å². The Labute approximate surface area is 93.0 Å². The molecule has 3 unspecified atom stereocenters. The molecule has 0 spiro atoms. The largest absolute Gasteiger partial charge is 0.358 e. The van der Waals surface area contributed by atoms with Crippen molar-refractivity contribution in [3.63, 3.8) is 0 Å². The van der Waals surface area contributed by atoms with Gasteiger partial charge in [0.25, 0.3) is 0 Å². The fourth-order valence-corrected chi connectivity index (χ4v) is 2.73. The smallest absolute Gasteiger partial charge is 0.236 e. The summed E-state index contributed by atoms with van der Waals surface area (Å²) in [6.07, 6.45) is 3.73. The highest BCUT2D eigenvalue weighted by Crippen LogP contribution is 2.28. The number of amides is 1. The van der Waals surface area contributed by atoms with Crippen LogP contribution in [0.5, 0.6) is 0 Å². The molecule has 1 rings (SSSR count). The van der Waals surface area contributed by atoms with Crippen molar-refractivity contribution in [1.82, 2.24) is 10.6 Å². The summed E-state index contributed by atoms with van der Waals surface area (Å²) in [5, 5.41) is 6.09. The molecule has 1 aliphatic rings. The quantitative estimate of drug-likeness (QED) is 0.745.